The van der Waals surface area contributed by atoms with E-state index < -0.39 is 0 Å². The lowest BCUT2D eigenvalue weighted by atomic mass is 10.1. The first-order chi connectivity index (χ1) is 9.17. The number of hydrogen-bond donors (Lipinski definition) is 0. The van der Waals surface area contributed by atoms with Crippen LogP contribution in [0.2, 0.25) is 0 Å². The molecule has 0 atom stereocenters. The average Bonchev–Trinajstić information content (AvgIpc) is 3.02. The molecule has 4 nitrogen and oxygen atoms in total. The van der Waals surface area contributed by atoms with E-state index in [1.54, 1.807) is 17.1 Å². The predicted molar refractivity (Wildman–Crippen MR) is 74.4 cm³/mol. The first-order valence-electron chi connectivity index (χ1n) is 6.72. The highest BCUT2D eigenvalue weighted by Crippen LogP contribution is 2.23. The van der Waals surface area contributed by atoms with Crippen LogP contribution >= 0.6 is 0 Å². The summed E-state index contributed by atoms with van der Waals surface area (Å²) in [5.74, 6) is -0.0123. The summed E-state index contributed by atoms with van der Waals surface area (Å²) in [7, 11) is 0. The molecule has 2 amide bonds. The van der Waals surface area contributed by atoms with Gasteiger partial charge in [0.15, 0.2) is 0 Å². The molecule has 0 aromatic heterocycles. The second kappa shape index (κ2) is 5.87. The fourth-order valence-corrected chi connectivity index (χ4v) is 2.57. The summed E-state index contributed by atoms with van der Waals surface area (Å²) in [6, 6.07) is 0. The number of amides is 2. The van der Waals surface area contributed by atoms with E-state index in [4.69, 9.17) is 0 Å². The molecular weight excluding hydrogens is 240 g/mol. The Kier molecular flexibility index (Phi) is 4.20. The third-order valence-corrected chi connectivity index (χ3v) is 3.64. The van der Waals surface area contributed by atoms with Crippen molar-refractivity contribution in [2.24, 2.45) is 0 Å². The minimum absolute atomic E-state index is 0.0566. The lowest BCUT2D eigenvalue weighted by Crippen LogP contribution is -2.39. The standard InChI is InChI=1S/C15H20N2O2/c1-3-7-13-12(4-2)10-17(15(13)19)11-14(18)16-8-5-6-9-16/h3-4,7H,1,5-6,8-11H2,2H3/b12-4-,13-7+. The molecule has 4 heteroatoms. The SMILES string of the molecule is C=C/C=C1/C(=O)N(CC(=O)N2CCCC2)C/C1=C/C. The van der Waals surface area contributed by atoms with Gasteiger partial charge in [0.25, 0.3) is 5.91 Å². The molecule has 0 saturated carbocycles. The van der Waals surface area contributed by atoms with Gasteiger partial charge in [-0.3, -0.25) is 9.59 Å². The summed E-state index contributed by atoms with van der Waals surface area (Å²) in [6.45, 7) is 7.89. The van der Waals surface area contributed by atoms with Crippen LogP contribution in [0.3, 0.4) is 0 Å². The van der Waals surface area contributed by atoms with Gasteiger partial charge in [0.05, 0.1) is 0 Å². The number of allylic oxidation sites excluding steroid dienone is 3. The number of rotatable bonds is 3. The highest BCUT2D eigenvalue weighted by atomic mass is 16.2. The van der Waals surface area contributed by atoms with Crippen molar-refractivity contribution < 1.29 is 9.59 Å². The molecule has 19 heavy (non-hydrogen) atoms. The molecule has 2 aliphatic rings. The first kappa shape index (κ1) is 13.6. The van der Waals surface area contributed by atoms with Crippen molar-refractivity contribution in [3.63, 3.8) is 0 Å². The van der Waals surface area contributed by atoms with E-state index in [9.17, 15) is 9.59 Å². The lowest BCUT2D eigenvalue weighted by molar-refractivity contribution is -0.136. The zero-order chi connectivity index (χ0) is 13.8. The van der Waals surface area contributed by atoms with E-state index in [0.29, 0.717) is 12.1 Å². The molecule has 0 bridgehead atoms. The molecule has 0 aromatic rings. The number of hydrogen-bond acceptors (Lipinski definition) is 2. The predicted octanol–water partition coefficient (Wildman–Crippen LogP) is 1.51. The highest BCUT2D eigenvalue weighted by molar-refractivity contribution is 6.03. The van der Waals surface area contributed by atoms with E-state index in [-0.39, 0.29) is 18.4 Å². The summed E-state index contributed by atoms with van der Waals surface area (Å²) in [5.41, 5.74) is 1.63. The van der Waals surface area contributed by atoms with Crippen LogP contribution in [-0.2, 0) is 9.59 Å². The monoisotopic (exact) mass is 260 g/mol. The van der Waals surface area contributed by atoms with Gasteiger partial charge in [0.1, 0.15) is 6.54 Å². The van der Waals surface area contributed by atoms with Gasteiger partial charge < -0.3 is 9.80 Å². The van der Waals surface area contributed by atoms with E-state index in [1.165, 1.54) is 0 Å². The Morgan fingerprint density at radius 1 is 1.37 bits per heavy atom. The van der Waals surface area contributed by atoms with Crippen LogP contribution in [0.25, 0.3) is 0 Å². The fraction of sp³-hybridized carbons (Fsp3) is 0.467. The van der Waals surface area contributed by atoms with Crippen molar-refractivity contribution in [3.05, 3.63) is 36.0 Å². The summed E-state index contributed by atoms with van der Waals surface area (Å²) >= 11 is 0. The summed E-state index contributed by atoms with van der Waals surface area (Å²) in [6.07, 6.45) is 7.40. The molecular formula is C15H20N2O2. The van der Waals surface area contributed by atoms with Crippen LogP contribution in [0.15, 0.2) is 36.0 Å². The van der Waals surface area contributed by atoms with Crippen LogP contribution in [0.4, 0.5) is 0 Å². The summed E-state index contributed by atoms with van der Waals surface area (Å²) < 4.78 is 0. The van der Waals surface area contributed by atoms with Gasteiger partial charge in [-0.15, -0.1) is 0 Å². The molecule has 102 valence electrons. The smallest absolute Gasteiger partial charge is 0.254 e. The van der Waals surface area contributed by atoms with E-state index in [2.05, 4.69) is 6.58 Å². The lowest BCUT2D eigenvalue weighted by Gasteiger charge is -2.20. The third kappa shape index (κ3) is 2.78. The van der Waals surface area contributed by atoms with Crippen LogP contribution in [0, 0.1) is 0 Å². The molecule has 0 aliphatic carbocycles. The topological polar surface area (TPSA) is 40.6 Å². The third-order valence-electron chi connectivity index (χ3n) is 3.64. The van der Waals surface area contributed by atoms with Gasteiger partial charge in [-0.1, -0.05) is 18.7 Å². The first-order valence-corrected chi connectivity index (χ1v) is 6.72. The molecule has 0 aromatic carbocycles. The summed E-state index contributed by atoms with van der Waals surface area (Å²) in [4.78, 5) is 27.8. The van der Waals surface area contributed by atoms with E-state index >= 15 is 0 Å². The number of carbonyl (C=O) groups is 2. The molecule has 2 fully saturated rings. The van der Waals surface area contributed by atoms with Gasteiger partial charge >= 0.3 is 0 Å². The second-order valence-electron chi connectivity index (χ2n) is 4.88. The normalized spacial score (nSPS) is 23.7. The molecule has 0 spiro atoms. The number of likely N-dealkylation sites (tertiary alicyclic amines) is 2. The average molecular weight is 260 g/mol. The van der Waals surface area contributed by atoms with Crippen LogP contribution in [-0.4, -0.2) is 47.8 Å². The van der Waals surface area contributed by atoms with Gasteiger partial charge in [0.2, 0.25) is 5.91 Å². The Balaban J connectivity index is 2.06. The molecule has 0 radical (unpaired) electrons. The Labute approximate surface area is 114 Å². The largest absolute Gasteiger partial charge is 0.341 e. The number of nitrogens with zero attached hydrogens (tertiary/aromatic N) is 2. The van der Waals surface area contributed by atoms with Gasteiger partial charge in [0, 0.05) is 25.2 Å². The Morgan fingerprint density at radius 2 is 2.05 bits per heavy atom. The highest BCUT2D eigenvalue weighted by Gasteiger charge is 2.32. The molecule has 2 rings (SSSR count). The maximum atomic E-state index is 12.2. The maximum Gasteiger partial charge on any atom is 0.254 e. The van der Waals surface area contributed by atoms with Crippen molar-refractivity contribution in [3.8, 4) is 0 Å². The summed E-state index contributed by atoms with van der Waals surface area (Å²) in [5, 5.41) is 0. The van der Waals surface area contributed by atoms with Crippen molar-refractivity contribution >= 4 is 11.8 Å². The maximum absolute atomic E-state index is 12.2. The molecule has 2 saturated heterocycles. The van der Waals surface area contributed by atoms with Crippen molar-refractivity contribution in [2.45, 2.75) is 19.8 Å². The van der Waals surface area contributed by atoms with Crippen molar-refractivity contribution in [1.29, 1.82) is 0 Å². The molecule has 0 unspecified atom stereocenters. The van der Waals surface area contributed by atoms with Crippen molar-refractivity contribution in [2.75, 3.05) is 26.2 Å². The van der Waals surface area contributed by atoms with E-state index in [1.807, 2.05) is 17.9 Å². The fourth-order valence-electron chi connectivity index (χ4n) is 2.57. The van der Waals surface area contributed by atoms with Crippen LogP contribution in [0.1, 0.15) is 19.8 Å². The van der Waals surface area contributed by atoms with Gasteiger partial charge in [-0.05, 0) is 31.4 Å². The molecule has 2 aliphatic heterocycles. The Bertz CT molecular complexity index is 457. The van der Waals surface area contributed by atoms with E-state index in [0.717, 1.165) is 31.5 Å². The van der Waals surface area contributed by atoms with Gasteiger partial charge in [-0.25, -0.2) is 0 Å². The van der Waals surface area contributed by atoms with Crippen LogP contribution < -0.4 is 0 Å². The van der Waals surface area contributed by atoms with Crippen molar-refractivity contribution in [1.82, 2.24) is 9.80 Å². The molecule has 2 heterocycles. The molecule has 0 N–H and O–H groups in total. The van der Waals surface area contributed by atoms with Crippen LogP contribution in [0.5, 0.6) is 0 Å². The zero-order valence-electron chi connectivity index (χ0n) is 11.4. The minimum atomic E-state index is -0.0689. The van der Waals surface area contributed by atoms with Gasteiger partial charge in [-0.2, -0.15) is 0 Å². The zero-order valence-corrected chi connectivity index (χ0v) is 11.4. The number of carbonyl (C=O) groups excluding carboxylic acids is 2. The Morgan fingerprint density at radius 3 is 2.63 bits per heavy atom. The Hall–Kier alpha value is -1.84. The quantitative estimate of drug-likeness (QED) is 0.722. The second-order valence-corrected chi connectivity index (χ2v) is 4.88. The minimum Gasteiger partial charge on any atom is -0.341 e.